The predicted octanol–water partition coefficient (Wildman–Crippen LogP) is 3.29. The van der Waals surface area contributed by atoms with E-state index in [1.54, 1.807) is 6.07 Å². The molecule has 2 aromatic rings. The summed E-state index contributed by atoms with van der Waals surface area (Å²) in [5.74, 6) is 1.48. The van der Waals surface area contributed by atoms with Gasteiger partial charge in [-0.1, -0.05) is 23.2 Å². The van der Waals surface area contributed by atoms with Crippen LogP contribution in [0.15, 0.2) is 18.2 Å². The molecule has 2 N–H and O–H groups in total. The molecule has 6 heteroatoms. The van der Waals surface area contributed by atoms with Crippen LogP contribution in [0.5, 0.6) is 0 Å². The van der Waals surface area contributed by atoms with Crippen molar-refractivity contribution in [2.24, 2.45) is 5.73 Å². The fourth-order valence-electron chi connectivity index (χ4n) is 1.89. The van der Waals surface area contributed by atoms with Gasteiger partial charge in [-0.2, -0.15) is 0 Å². The van der Waals surface area contributed by atoms with Gasteiger partial charge in [0.15, 0.2) is 5.82 Å². The van der Waals surface area contributed by atoms with Gasteiger partial charge in [0.2, 0.25) is 0 Å². The lowest BCUT2D eigenvalue weighted by Crippen LogP contribution is -2.11. The lowest BCUT2D eigenvalue weighted by atomic mass is 10.2. The van der Waals surface area contributed by atoms with E-state index in [2.05, 4.69) is 24.0 Å². The highest BCUT2D eigenvalue weighted by atomic mass is 35.5. The van der Waals surface area contributed by atoms with Crippen molar-refractivity contribution in [1.29, 1.82) is 0 Å². The maximum Gasteiger partial charge on any atom is 0.164 e. The van der Waals surface area contributed by atoms with Crippen molar-refractivity contribution < 1.29 is 0 Å². The molecule has 0 aliphatic heterocycles. The first-order valence-corrected chi connectivity index (χ1v) is 6.39. The fraction of sp³-hybridized carbons (Fsp3) is 0.333. The first kappa shape index (κ1) is 13.3. The molecule has 1 heterocycles. The van der Waals surface area contributed by atoms with Crippen LogP contribution in [-0.4, -0.2) is 14.8 Å². The van der Waals surface area contributed by atoms with Crippen LogP contribution in [0, 0.1) is 0 Å². The Balaban J connectivity index is 2.60. The summed E-state index contributed by atoms with van der Waals surface area (Å²) in [6.45, 7) is 4.45. The van der Waals surface area contributed by atoms with Gasteiger partial charge in [0.25, 0.3) is 0 Å². The van der Waals surface area contributed by atoms with Crippen LogP contribution < -0.4 is 5.73 Å². The minimum atomic E-state index is 0.214. The van der Waals surface area contributed by atoms with Crippen molar-refractivity contribution in [3.05, 3.63) is 34.1 Å². The summed E-state index contributed by atoms with van der Waals surface area (Å²) in [6.07, 6.45) is 0. The van der Waals surface area contributed by atoms with Crippen LogP contribution in [0.25, 0.3) is 11.4 Å². The van der Waals surface area contributed by atoms with E-state index in [9.17, 15) is 0 Å². The van der Waals surface area contributed by atoms with E-state index in [-0.39, 0.29) is 6.04 Å². The highest BCUT2D eigenvalue weighted by molar-refractivity contribution is 6.35. The highest BCUT2D eigenvalue weighted by Gasteiger charge is 2.15. The molecule has 0 saturated carbocycles. The molecule has 0 radical (unpaired) electrons. The van der Waals surface area contributed by atoms with Crippen molar-refractivity contribution >= 4 is 23.2 Å². The van der Waals surface area contributed by atoms with Crippen LogP contribution in [0.1, 0.15) is 25.7 Å². The van der Waals surface area contributed by atoms with Gasteiger partial charge in [0.1, 0.15) is 5.82 Å². The van der Waals surface area contributed by atoms with E-state index >= 15 is 0 Å². The van der Waals surface area contributed by atoms with Gasteiger partial charge >= 0.3 is 0 Å². The van der Waals surface area contributed by atoms with E-state index in [0.29, 0.717) is 16.6 Å². The van der Waals surface area contributed by atoms with Gasteiger partial charge in [-0.3, -0.25) is 0 Å². The molecule has 0 unspecified atom stereocenters. The average Bonchev–Trinajstić information content (AvgIpc) is 2.71. The zero-order valence-electron chi connectivity index (χ0n) is 10.2. The molecular weight excluding hydrogens is 271 g/mol. The first-order chi connectivity index (χ1) is 8.52. The Bertz CT molecular complexity index is 543. The zero-order chi connectivity index (χ0) is 13.3. The number of benzene rings is 1. The summed E-state index contributed by atoms with van der Waals surface area (Å²) in [4.78, 5) is 0. The van der Waals surface area contributed by atoms with Gasteiger partial charge in [-0.15, -0.1) is 10.2 Å². The molecule has 1 aromatic carbocycles. The molecule has 0 aliphatic rings. The molecule has 0 fully saturated rings. The van der Waals surface area contributed by atoms with Gasteiger partial charge in [0.05, 0.1) is 6.54 Å². The van der Waals surface area contributed by atoms with Gasteiger partial charge in [-0.05, 0) is 32.0 Å². The number of nitrogens with two attached hydrogens (primary N) is 1. The second-order valence-electron chi connectivity index (χ2n) is 4.27. The van der Waals surface area contributed by atoms with E-state index in [1.807, 2.05) is 16.7 Å². The van der Waals surface area contributed by atoms with Crippen LogP contribution in [0.2, 0.25) is 10.0 Å². The number of hydrogen-bond acceptors (Lipinski definition) is 3. The summed E-state index contributed by atoms with van der Waals surface area (Å²) >= 11 is 12.0. The zero-order valence-corrected chi connectivity index (χ0v) is 11.7. The molecule has 0 atom stereocenters. The fourth-order valence-corrected chi connectivity index (χ4v) is 2.41. The molecule has 96 valence electrons. The lowest BCUT2D eigenvalue weighted by Gasteiger charge is -2.13. The summed E-state index contributed by atoms with van der Waals surface area (Å²) in [5.41, 5.74) is 6.51. The first-order valence-electron chi connectivity index (χ1n) is 5.63. The molecule has 0 amide bonds. The maximum atomic E-state index is 6.01. The van der Waals surface area contributed by atoms with Crippen LogP contribution in [-0.2, 0) is 6.54 Å². The summed E-state index contributed by atoms with van der Waals surface area (Å²) in [5, 5.41) is 9.42. The summed E-state index contributed by atoms with van der Waals surface area (Å²) in [7, 11) is 0. The minimum absolute atomic E-state index is 0.214. The number of nitrogens with zero attached hydrogens (tertiary/aromatic N) is 3. The largest absolute Gasteiger partial charge is 0.324 e. The number of rotatable bonds is 3. The molecule has 0 aliphatic carbocycles. The van der Waals surface area contributed by atoms with Crippen molar-refractivity contribution in [1.82, 2.24) is 14.8 Å². The Labute approximate surface area is 116 Å². The number of hydrogen-bond donors (Lipinski definition) is 1. The normalized spacial score (nSPS) is 11.2. The van der Waals surface area contributed by atoms with Crippen LogP contribution >= 0.6 is 23.2 Å². The van der Waals surface area contributed by atoms with Crippen LogP contribution in [0.3, 0.4) is 0 Å². The summed E-state index contributed by atoms with van der Waals surface area (Å²) < 4.78 is 1.99. The maximum absolute atomic E-state index is 6.01. The molecule has 0 bridgehead atoms. The SMILES string of the molecule is CC(C)n1c(CN)nnc1-c1cc(Cl)cc(Cl)c1. The average molecular weight is 285 g/mol. The molecule has 18 heavy (non-hydrogen) atoms. The quantitative estimate of drug-likeness (QED) is 0.941. The number of halogens is 2. The van der Waals surface area contributed by atoms with Crippen molar-refractivity contribution in [2.75, 3.05) is 0 Å². The Hall–Kier alpha value is -1.10. The topological polar surface area (TPSA) is 56.7 Å². The standard InChI is InChI=1S/C12H14Cl2N4/c1-7(2)18-11(6-15)16-17-12(18)8-3-9(13)5-10(14)4-8/h3-5,7H,6,15H2,1-2H3. The summed E-state index contributed by atoms with van der Waals surface area (Å²) in [6, 6.07) is 5.53. The van der Waals surface area contributed by atoms with Crippen molar-refractivity contribution in [2.45, 2.75) is 26.4 Å². The Kier molecular flexibility index (Phi) is 3.90. The van der Waals surface area contributed by atoms with Crippen molar-refractivity contribution in [3.63, 3.8) is 0 Å². The molecular formula is C12H14Cl2N4. The minimum Gasteiger partial charge on any atom is -0.324 e. The molecule has 0 saturated heterocycles. The predicted molar refractivity (Wildman–Crippen MR) is 73.8 cm³/mol. The smallest absolute Gasteiger partial charge is 0.164 e. The highest BCUT2D eigenvalue weighted by Crippen LogP contribution is 2.28. The van der Waals surface area contributed by atoms with E-state index in [0.717, 1.165) is 17.2 Å². The monoisotopic (exact) mass is 284 g/mol. The van der Waals surface area contributed by atoms with Gasteiger partial charge < -0.3 is 10.3 Å². The van der Waals surface area contributed by atoms with E-state index in [1.165, 1.54) is 0 Å². The second-order valence-corrected chi connectivity index (χ2v) is 5.14. The lowest BCUT2D eigenvalue weighted by molar-refractivity contribution is 0.574. The van der Waals surface area contributed by atoms with E-state index in [4.69, 9.17) is 28.9 Å². The third-order valence-electron chi connectivity index (χ3n) is 2.59. The van der Waals surface area contributed by atoms with Crippen molar-refractivity contribution in [3.8, 4) is 11.4 Å². The molecule has 0 spiro atoms. The molecule has 2 rings (SSSR count). The van der Waals surface area contributed by atoms with Gasteiger partial charge in [-0.25, -0.2) is 0 Å². The Morgan fingerprint density at radius 1 is 1.17 bits per heavy atom. The molecule has 4 nitrogen and oxygen atoms in total. The molecule has 1 aromatic heterocycles. The van der Waals surface area contributed by atoms with Gasteiger partial charge in [0, 0.05) is 21.7 Å². The third kappa shape index (κ3) is 2.51. The Morgan fingerprint density at radius 2 is 1.78 bits per heavy atom. The van der Waals surface area contributed by atoms with E-state index < -0.39 is 0 Å². The second kappa shape index (κ2) is 5.26. The third-order valence-corrected chi connectivity index (χ3v) is 3.02. The van der Waals surface area contributed by atoms with Crippen LogP contribution in [0.4, 0.5) is 0 Å². The Morgan fingerprint density at radius 3 is 2.28 bits per heavy atom. The number of aromatic nitrogens is 3.